The highest BCUT2D eigenvalue weighted by Gasteiger charge is 2.27. The molecule has 1 aliphatic rings. The highest BCUT2D eigenvalue weighted by Crippen LogP contribution is 2.19. The smallest absolute Gasteiger partial charge is 0.208 e. The zero-order valence-electron chi connectivity index (χ0n) is 13.5. The summed E-state index contributed by atoms with van der Waals surface area (Å²) in [5.74, 6) is 1.63. The number of aryl methyl sites for hydroxylation is 2. The van der Waals surface area contributed by atoms with Gasteiger partial charge in [-0.05, 0) is 33.9 Å². The van der Waals surface area contributed by atoms with Crippen molar-refractivity contribution in [1.29, 1.82) is 0 Å². The summed E-state index contributed by atoms with van der Waals surface area (Å²) >= 11 is 0. The second-order valence-corrected chi connectivity index (χ2v) is 6.12. The Morgan fingerprint density at radius 1 is 1.18 bits per heavy atom. The van der Waals surface area contributed by atoms with Crippen molar-refractivity contribution in [2.45, 2.75) is 39.4 Å². The van der Waals surface area contributed by atoms with Crippen LogP contribution in [0.3, 0.4) is 0 Å². The molecular weight excluding hydrogens is 278 g/mol. The van der Waals surface area contributed by atoms with Gasteiger partial charge in [0.05, 0.1) is 24.1 Å². The summed E-state index contributed by atoms with van der Waals surface area (Å²) in [5, 5.41) is 0. The number of likely N-dealkylation sites (N-methyl/N-ethyl adjacent to an activating group) is 1. The first-order valence-corrected chi connectivity index (χ1v) is 7.71. The van der Waals surface area contributed by atoms with Crippen molar-refractivity contribution in [1.82, 2.24) is 24.8 Å². The van der Waals surface area contributed by atoms with Crippen molar-refractivity contribution in [3.05, 3.63) is 41.6 Å². The molecule has 0 spiro atoms. The Bertz CT molecular complexity index is 609. The fourth-order valence-electron chi connectivity index (χ4n) is 2.88. The molecule has 0 N–H and O–H groups in total. The normalized spacial score (nSPS) is 19.2. The van der Waals surface area contributed by atoms with Crippen LogP contribution in [0, 0.1) is 13.8 Å². The molecule has 6 heteroatoms. The summed E-state index contributed by atoms with van der Waals surface area (Å²) < 4.78 is 5.65. The highest BCUT2D eigenvalue weighted by atomic mass is 16.4. The van der Waals surface area contributed by atoms with Crippen LogP contribution in [-0.2, 0) is 13.1 Å². The minimum atomic E-state index is 0.500. The molecule has 2 aromatic heterocycles. The fourth-order valence-corrected chi connectivity index (χ4v) is 2.88. The predicted molar refractivity (Wildman–Crippen MR) is 83.2 cm³/mol. The van der Waals surface area contributed by atoms with E-state index in [9.17, 15) is 0 Å². The Morgan fingerprint density at radius 3 is 2.64 bits per heavy atom. The molecule has 3 rings (SSSR count). The third-order valence-corrected chi connectivity index (χ3v) is 4.09. The van der Waals surface area contributed by atoms with Gasteiger partial charge in [-0.3, -0.25) is 14.9 Å². The van der Waals surface area contributed by atoms with E-state index >= 15 is 0 Å². The van der Waals surface area contributed by atoms with Crippen molar-refractivity contribution in [3.8, 4) is 0 Å². The molecule has 3 heterocycles. The van der Waals surface area contributed by atoms with Crippen molar-refractivity contribution in [2.75, 3.05) is 20.1 Å². The Kier molecular flexibility index (Phi) is 4.49. The van der Waals surface area contributed by atoms with E-state index in [2.05, 4.69) is 31.8 Å². The van der Waals surface area contributed by atoms with Gasteiger partial charge in [0.1, 0.15) is 5.76 Å². The van der Waals surface area contributed by atoms with Crippen LogP contribution in [0.4, 0.5) is 0 Å². The molecule has 0 radical (unpaired) electrons. The van der Waals surface area contributed by atoms with Gasteiger partial charge in [-0.15, -0.1) is 0 Å². The lowest BCUT2D eigenvalue weighted by molar-refractivity contribution is 0.161. The zero-order valence-corrected chi connectivity index (χ0v) is 13.5. The second kappa shape index (κ2) is 6.54. The minimum absolute atomic E-state index is 0.500. The summed E-state index contributed by atoms with van der Waals surface area (Å²) in [6.45, 7) is 7.56. The molecule has 1 aliphatic heterocycles. The summed E-state index contributed by atoms with van der Waals surface area (Å²) in [7, 11) is 2.17. The number of oxazole rings is 1. The van der Waals surface area contributed by atoms with Crippen LogP contribution in [-0.4, -0.2) is 50.9 Å². The first kappa shape index (κ1) is 15.1. The van der Waals surface area contributed by atoms with Crippen LogP contribution in [0.25, 0.3) is 0 Å². The largest absolute Gasteiger partial charge is 0.445 e. The van der Waals surface area contributed by atoms with E-state index in [-0.39, 0.29) is 0 Å². The third kappa shape index (κ3) is 3.69. The van der Waals surface area contributed by atoms with Crippen LogP contribution in [0.2, 0.25) is 0 Å². The molecule has 0 aliphatic carbocycles. The maximum atomic E-state index is 5.65. The van der Waals surface area contributed by atoms with Crippen LogP contribution in [0.15, 0.2) is 23.0 Å². The Labute approximate surface area is 131 Å². The zero-order chi connectivity index (χ0) is 15.5. The summed E-state index contributed by atoms with van der Waals surface area (Å²) in [5.41, 5.74) is 1.93. The van der Waals surface area contributed by atoms with E-state index in [1.165, 1.54) is 0 Å². The number of hydrogen-bond acceptors (Lipinski definition) is 6. The lowest BCUT2D eigenvalue weighted by Gasteiger charge is -2.27. The van der Waals surface area contributed by atoms with Crippen LogP contribution in [0.1, 0.15) is 29.5 Å². The molecule has 1 fully saturated rings. The average molecular weight is 301 g/mol. The van der Waals surface area contributed by atoms with E-state index in [0.717, 1.165) is 49.1 Å². The van der Waals surface area contributed by atoms with Gasteiger partial charge in [0.25, 0.3) is 0 Å². The van der Waals surface area contributed by atoms with Crippen LogP contribution in [0.5, 0.6) is 0 Å². The molecule has 0 bridgehead atoms. The van der Waals surface area contributed by atoms with Crippen molar-refractivity contribution in [3.63, 3.8) is 0 Å². The lowest BCUT2D eigenvalue weighted by atomic mass is 10.2. The molecule has 0 saturated carbocycles. The van der Waals surface area contributed by atoms with Crippen LogP contribution < -0.4 is 0 Å². The van der Waals surface area contributed by atoms with Gasteiger partial charge in [0, 0.05) is 31.5 Å². The predicted octanol–water partition coefficient (Wildman–Crippen LogP) is 1.79. The first-order valence-electron chi connectivity index (χ1n) is 7.71. The first-order chi connectivity index (χ1) is 10.6. The van der Waals surface area contributed by atoms with Gasteiger partial charge in [0.2, 0.25) is 5.89 Å². The van der Waals surface area contributed by atoms with Gasteiger partial charge in [-0.2, -0.15) is 0 Å². The molecular formula is C16H23N5O. The Balaban J connectivity index is 1.74. The summed E-state index contributed by atoms with van der Waals surface area (Å²) in [6.07, 6.45) is 6.63. The second-order valence-electron chi connectivity index (χ2n) is 6.12. The van der Waals surface area contributed by atoms with Crippen LogP contribution >= 0.6 is 0 Å². The van der Waals surface area contributed by atoms with E-state index in [0.29, 0.717) is 12.6 Å². The van der Waals surface area contributed by atoms with Gasteiger partial charge in [-0.25, -0.2) is 4.98 Å². The van der Waals surface area contributed by atoms with Gasteiger partial charge >= 0.3 is 0 Å². The maximum Gasteiger partial charge on any atom is 0.208 e. The monoisotopic (exact) mass is 301 g/mol. The standard InChI is InChI=1S/C16H23N5O/c1-12-6-18-14(8-17-12)9-21(15-4-5-20(3)10-15)11-16-19-7-13(2)22-16/h6-8,15H,4-5,9-11H2,1-3H3/t15-/m0/s1. The molecule has 6 nitrogen and oxygen atoms in total. The molecule has 0 aromatic carbocycles. The summed E-state index contributed by atoms with van der Waals surface area (Å²) in [6, 6.07) is 0.500. The fraction of sp³-hybridized carbons (Fsp3) is 0.562. The van der Waals surface area contributed by atoms with E-state index in [4.69, 9.17) is 4.42 Å². The Morgan fingerprint density at radius 2 is 2.05 bits per heavy atom. The van der Waals surface area contributed by atoms with Gasteiger partial charge in [0.15, 0.2) is 0 Å². The Hall–Kier alpha value is -1.79. The van der Waals surface area contributed by atoms with Gasteiger partial charge in [-0.1, -0.05) is 0 Å². The van der Waals surface area contributed by atoms with Crippen molar-refractivity contribution in [2.24, 2.45) is 0 Å². The quantitative estimate of drug-likeness (QED) is 0.839. The molecule has 22 heavy (non-hydrogen) atoms. The molecule has 118 valence electrons. The van der Waals surface area contributed by atoms with Crippen molar-refractivity contribution < 1.29 is 4.42 Å². The van der Waals surface area contributed by atoms with E-state index in [1.54, 1.807) is 6.20 Å². The lowest BCUT2D eigenvalue weighted by Crippen LogP contribution is -2.36. The topological polar surface area (TPSA) is 58.3 Å². The molecule has 1 saturated heterocycles. The van der Waals surface area contributed by atoms with E-state index in [1.807, 2.05) is 26.2 Å². The molecule has 0 unspecified atom stereocenters. The number of likely N-dealkylation sites (tertiary alicyclic amines) is 1. The minimum Gasteiger partial charge on any atom is -0.445 e. The third-order valence-electron chi connectivity index (χ3n) is 4.09. The maximum absolute atomic E-state index is 5.65. The van der Waals surface area contributed by atoms with Gasteiger partial charge < -0.3 is 9.32 Å². The number of rotatable bonds is 5. The SMILES string of the molecule is Cc1cnc(CN(Cc2ncc(C)o2)[C@H]2CCN(C)C2)cn1. The average Bonchev–Trinajstić information content (AvgIpc) is 3.09. The molecule has 2 aromatic rings. The highest BCUT2D eigenvalue weighted by molar-refractivity contribution is 5.02. The molecule has 1 atom stereocenters. The summed E-state index contributed by atoms with van der Waals surface area (Å²) in [4.78, 5) is 17.9. The van der Waals surface area contributed by atoms with E-state index < -0.39 is 0 Å². The molecule has 0 amide bonds. The number of hydrogen-bond donors (Lipinski definition) is 0. The number of nitrogens with zero attached hydrogens (tertiary/aromatic N) is 5. The van der Waals surface area contributed by atoms with Crippen molar-refractivity contribution >= 4 is 0 Å². The number of aromatic nitrogens is 3.